The van der Waals surface area contributed by atoms with Crippen molar-refractivity contribution in [3.05, 3.63) is 0 Å². The predicted molar refractivity (Wildman–Crippen MR) is 78.8 cm³/mol. The summed E-state index contributed by atoms with van der Waals surface area (Å²) in [4.78, 5) is 25.3. The second kappa shape index (κ2) is 8.49. The van der Waals surface area contributed by atoms with E-state index < -0.39 is 0 Å². The second-order valence-corrected chi connectivity index (χ2v) is 6.07. The van der Waals surface area contributed by atoms with Crippen molar-refractivity contribution in [3.63, 3.8) is 0 Å². The molecule has 7 heteroatoms. The molecule has 2 N–H and O–H groups in total. The van der Waals surface area contributed by atoms with Crippen LogP contribution in [0.15, 0.2) is 0 Å². The van der Waals surface area contributed by atoms with Crippen LogP contribution < -0.4 is 10.6 Å². The molecule has 0 aliphatic carbocycles. The predicted octanol–water partition coefficient (Wildman–Crippen LogP) is -0.553. The Kier molecular flexibility index (Phi) is 6.62. The molecule has 1 unspecified atom stereocenters. The minimum atomic E-state index is 0.0125. The number of nitrogens with one attached hydrogen (secondary N) is 2. The molecule has 0 aromatic carbocycles. The van der Waals surface area contributed by atoms with Gasteiger partial charge in [0.25, 0.3) is 0 Å². The van der Waals surface area contributed by atoms with Crippen LogP contribution in [0, 0.1) is 0 Å². The van der Waals surface area contributed by atoms with E-state index in [0.29, 0.717) is 50.4 Å². The fourth-order valence-corrected chi connectivity index (χ4v) is 3.10. The molecule has 2 aliphatic rings. The number of carbonyl (C=O) groups is 2. The molecule has 0 saturated carbocycles. The van der Waals surface area contributed by atoms with Crippen molar-refractivity contribution in [2.75, 3.05) is 50.9 Å². The zero-order valence-corrected chi connectivity index (χ0v) is 12.5. The minimum Gasteiger partial charge on any atom is -0.378 e. The highest BCUT2D eigenvalue weighted by molar-refractivity contribution is 8.00. The van der Waals surface area contributed by atoms with Crippen LogP contribution in [0.25, 0.3) is 0 Å². The summed E-state index contributed by atoms with van der Waals surface area (Å²) in [6.07, 6.45) is 2.31. The smallest absolute Gasteiger partial charge is 0.232 e. The number of carbonyl (C=O) groups excluding carboxylic acids is 2. The first-order chi connectivity index (χ1) is 9.75. The number of thioether (sulfide) groups is 1. The van der Waals surface area contributed by atoms with Crippen LogP contribution in [0.5, 0.6) is 0 Å². The number of nitrogens with zero attached hydrogens (tertiary/aromatic N) is 1. The Balaban J connectivity index is 1.52. The van der Waals surface area contributed by atoms with Gasteiger partial charge in [-0.05, 0) is 19.4 Å². The Morgan fingerprint density at radius 2 is 2.10 bits per heavy atom. The van der Waals surface area contributed by atoms with Crippen molar-refractivity contribution >= 4 is 23.6 Å². The van der Waals surface area contributed by atoms with Crippen molar-refractivity contribution in [2.45, 2.75) is 18.9 Å². The first-order valence-electron chi connectivity index (χ1n) is 7.19. The summed E-state index contributed by atoms with van der Waals surface area (Å²) < 4.78 is 5.20. The third-order valence-electron chi connectivity index (χ3n) is 3.53. The van der Waals surface area contributed by atoms with Gasteiger partial charge in [-0.2, -0.15) is 0 Å². The molecule has 2 rings (SSSR count). The average Bonchev–Trinajstić information content (AvgIpc) is 2.99. The highest BCUT2D eigenvalue weighted by Crippen LogP contribution is 2.06. The monoisotopic (exact) mass is 301 g/mol. The standard InChI is InChI=1S/C13H23N3O3S/c17-12(15-8-11-2-1-3-14-11)9-20-10-13(18)16-4-6-19-7-5-16/h11,14H,1-10H2,(H,15,17). The summed E-state index contributed by atoms with van der Waals surface area (Å²) >= 11 is 1.38. The summed E-state index contributed by atoms with van der Waals surface area (Å²) in [5.41, 5.74) is 0. The van der Waals surface area contributed by atoms with Crippen molar-refractivity contribution in [1.82, 2.24) is 15.5 Å². The summed E-state index contributed by atoms with van der Waals surface area (Å²) in [6.45, 7) is 4.30. The van der Waals surface area contributed by atoms with Crippen LogP contribution in [0.4, 0.5) is 0 Å². The normalized spacial score (nSPS) is 22.8. The van der Waals surface area contributed by atoms with Crippen molar-refractivity contribution < 1.29 is 14.3 Å². The third-order valence-corrected chi connectivity index (χ3v) is 4.45. The molecule has 2 amide bonds. The first kappa shape index (κ1) is 15.6. The number of morpholine rings is 1. The second-order valence-electron chi connectivity index (χ2n) is 5.08. The summed E-state index contributed by atoms with van der Waals surface area (Å²) in [5, 5.41) is 6.25. The Labute approximate surface area is 124 Å². The van der Waals surface area contributed by atoms with E-state index in [9.17, 15) is 9.59 Å². The van der Waals surface area contributed by atoms with Gasteiger partial charge in [0.1, 0.15) is 0 Å². The SMILES string of the molecule is O=C(CSCC(=O)N1CCOCC1)NCC1CCCN1. The highest BCUT2D eigenvalue weighted by Gasteiger charge is 2.17. The van der Waals surface area contributed by atoms with Gasteiger partial charge in [0.15, 0.2) is 0 Å². The van der Waals surface area contributed by atoms with Crippen molar-refractivity contribution in [1.29, 1.82) is 0 Å². The van der Waals surface area contributed by atoms with Gasteiger partial charge in [-0.1, -0.05) is 0 Å². The van der Waals surface area contributed by atoms with E-state index in [1.54, 1.807) is 4.90 Å². The zero-order valence-electron chi connectivity index (χ0n) is 11.7. The van der Waals surface area contributed by atoms with Gasteiger partial charge in [0.05, 0.1) is 24.7 Å². The number of hydrogen-bond acceptors (Lipinski definition) is 5. The van der Waals surface area contributed by atoms with Crippen molar-refractivity contribution in [2.24, 2.45) is 0 Å². The molecule has 6 nitrogen and oxygen atoms in total. The molecule has 2 heterocycles. The topological polar surface area (TPSA) is 70.7 Å². The third kappa shape index (κ3) is 5.30. The van der Waals surface area contributed by atoms with E-state index in [2.05, 4.69) is 10.6 Å². The average molecular weight is 301 g/mol. The molecule has 0 radical (unpaired) electrons. The molecule has 0 aromatic heterocycles. The van der Waals surface area contributed by atoms with E-state index in [0.717, 1.165) is 13.0 Å². The maximum absolute atomic E-state index is 11.9. The number of amides is 2. The van der Waals surface area contributed by atoms with Gasteiger partial charge < -0.3 is 20.3 Å². The molecule has 0 aromatic rings. The fraction of sp³-hybridized carbons (Fsp3) is 0.846. The van der Waals surface area contributed by atoms with Gasteiger partial charge in [0, 0.05) is 25.7 Å². The first-order valence-corrected chi connectivity index (χ1v) is 8.34. The molecule has 0 spiro atoms. The van der Waals surface area contributed by atoms with Crippen LogP contribution >= 0.6 is 11.8 Å². The molecule has 2 saturated heterocycles. The van der Waals surface area contributed by atoms with Crippen molar-refractivity contribution in [3.8, 4) is 0 Å². The van der Waals surface area contributed by atoms with Crippen LogP contribution in [-0.2, 0) is 14.3 Å². The van der Waals surface area contributed by atoms with Crippen LogP contribution in [0.3, 0.4) is 0 Å². The quantitative estimate of drug-likeness (QED) is 0.689. The highest BCUT2D eigenvalue weighted by atomic mass is 32.2. The van der Waals surface area contributed by atoms with Crippen LogP contribution in [0.2, 0.25) is 0 Å². The molecule has 20 heavy (non-hydrogen) atoms. The number of hydrogen-bond donors (Lipinski definition) is 2. The molecule has 1 atom stereocenters. The van der Waals surface area contributed by atoms with Gasteiger partial charge in [-0.25, -0.2) is 0 Å². The molecular weight excluding hydrogens is 278 g/mol. The molecule has 2 aliphatic heterocycles. The Hall–Kier alpha value is -0.790. The Bertz CT molecular complexity index is 329. The van der Waals surface area contributed by atoms with Gasteiger partial charge in [-0.3, -0.25) is 9.59 Å². The largest absolute Gasteiger partial charge is 0.378 e. The van der Waals surface area contributed by atoms with E-state index in [-0.39, 0.29) is 11.8 Å². The van der Waals surface area contributed by atoms with E-state index in [1.807, 2.05) is 0 Å². The summed E-state index contributed by atoms with van der Waals surface area (Å²) in [7, 11) is 0. The van der Waals surface area contributed by atoms with E-state index >= 15 is 0 Å². The van der Waals surface area contributed by atoms with Gasteiger partial charge >= 0.3 is 0 Å². The minimum absolute atomic E-state index is 0.0125. The zero-order chi connectivity index (χ0) is 14.2. The fourth-order valence-electron chi connectivity index (χ4n) is 2.35. The molecule has 0 bridgehead atoms. The van der Waals surface area contributed by atoms with Crippen LogP contribution in [0.1, 0.15) is 12.8 Å². The molecule has 2 fully saturated rings. The van der Waals surface area contributed by atoms with Gasteiger partial charge in [0.2, 0.25) is 11.8 Å². The molecule has 114 valence electrons. The number of ether oxygens (including phenoxy) is 1. The lowest BCUT2D eigenvalue weighted by Crippen LogP contribution is -2.42. The summed E-state index contributed by atoms with van der Waals surface area (Å²) in [5.74, 6) is 0.833. The van der Waals surface area contributed by atoms with Crippen LogP contribution in [-0.4, -0.2) is 73.7 Å². The maximum atomic E-state index is 11.9. The van der Waals surface area contributed by atoms with E-state index in [1.165, 1.54) is 18.2 Å². The number of rotatable bonds is 6. The Morgan fingerprint density at radius 1 is 1.30 bits per heavy atom. The lowest BCUT2D eigenvalue weighted by Gasteiger charge is -2.26. The molecular formula is C13H23N3O3S. The maximum Gasteiger partial charge on any atom is 0.232 e. The lowest BCUT2D eigenvalue weighted by atomic mass is 10.2. The summed E-state index contributed by atoms with van der Waals surface area (Å²) in [6, 6.07) is 0.416. The van der Waals surface area contributed by atoms with E-state index in [4.69, 9.17) is 4.74 Å². The van der Waals surface area contributed by atoms with Gasteiger partial charge in [-0.15, -0.1) is 11.8 Å². The lowest BCUT2D eigenvalue weighted by molar-refractivity contribution is -0.132. The Morgan fingerprint density at radius 3 is 2.80 bits per heavy atom.